The van der Waals surface area contributed by atoms with Gasteiger partial charge in [-0.05, 0) is 19.3 Å². The molecule has 1 unspecified atom stereocenters. The first-order chi connectivity index (χ1) is 8.90. The van der Waals surface area contributed by atoms with Gasteiger partial charge < -0.3 is 19.2 Å². The fourth-order valence-corrected chi connectivity index (χ4v) is 2.53. The number of hydrogen-bond acceptors (Lipinski definition) is 5. The Hall–Kier alpha value is -1.05. The molecule has 0 aromatic carbocycles. The average molecular weight is 251 g/mol. The molecule has 1 atom stereocenters. The Labute approximate surface area is 106 Å². The van der Waals surface area contributed by atoms with Crippen molar-refractivity contribution in [1.29, 1.82) is 0 Å². The zero-order valence-electron chi connectivity index (χ0n) is 10.2. The van der Waals surface area contributed by atoms with Gasteiger partial charge in [0.05, 0.1) is 24.5 Å². The lowest BCUT2D eigenvalue weighted by molar-refractivity contribution is -0.0425. The number of rotatable bonds is 3. The molecule has 2 aliphatic heterocycles. The SMILES string of the molecule is O[B]Oc1nn(C2CCCCO2)c2c1COCC2. The highest BCUT2D eigenvalue weighted by atomic mass is 16.5. The highest BCUT2D eigenvalue weighted by Gasteiger charge is 2.27. The van der Waals surface area contributed by atoms with E-state index in [4.69, 9.17) is 19.2 Å². The molecule has 7 heteroatoms. The van der Waals surface area contributed by atoms with Crippen molar-refractivity contribution in [3.8, 4) is 5.88 Å². The number of aromatic nitrogens is 2. The standard InChI is InChI=1S/C11H16BN2O4/c15-12-18-11-8-7-16-6-4-9(8)14(13-11)10-3-1-2-5-17-10/h10,15H,1-7H2. The third kappa shape index (κ3) is 2.13. The fourth-order valence-electron chi connectivity index (χ4n) is 2.53. The molecule has 1 N–H and O–H groups in total. The third-order valence-corrected chi connectivity index (χ3v) is 3.40. The van der Waals surface area contributed by atoms with Crippen molar-refractivity contribution >= 4 is 7.69 Å². The van der Waals surface area contributed by atoms with Crippen molar-refractivity contribution in [2.24, 2.45) is 0 Å². The van der Waals surface area contributed by atoms with Gasteiger partial charge in [-0.25, -0.2) is 4.68 Å². The van der Waals surface area contributed by atoms with Crippen LogP contribution in [0, 0.1) is 0 Å². The van der Waals surface area contributed by atoms with Crippen LogP contribution in [0.1, 0.15) is 36.7 Å². The summed E-state index contributed by atoms with van der Waals surface area (Å²) in [4.78, 5) is 0. The highest BCUT2D eigenvalue weighted by molar-refractivity contribution is 6.17. The summed E-state index contributed by atoms with van der Waals surface area (Å²) in [6.45, 7) is 1.94. The smallest absolute Gasteiger partial charge is 0.522 e. The van der Waals surface area contributed by atoms with Crippen molar-refractivity contribution in [3.05, 3.63) is 11.3 Å². The molecule has 6 nitrogen and oxygen atoms in total. The van der Waals surface area contributed by atoms with Gasteiger partial charge in [-0.3, -0.25) is 0 Å². The minimum Gasteiger partial charge on any atom is -0.522 e. The van der Waals surface area contributed by atoms with Crippen molar-refractivity contribution in [2.45, 2.75) is 38.5 Å². The van der Waals surface area contributed by atoms with Crippen LogP contribution in [0.3, 0.4) is 0 Å². The number of ether oxygens (including phenoxy) is 2. The summed E-state index contributed by atoms with van der Waals surface area (Å²) in [6.07, 6.45) is 4.02. The summed E-state index contributed by atoms with van der Waals surface area (Å²) >= 11 is 0. The summed E-state index contributed by atoms with van der Waals surface area (Å²) in [5, 5.41) is 13.2. The van der Waals surface area contributed by atoms with Crippen LogP contribution in [0.2, 0.25) is 0 Å². The monoisotopic (exact) mass is 251 g/mol. The van der Waals surface area contributed by atoms with Gasteiger partial charge in [-0.1, -0.05) is 0 Å². The number of nitrogens with zero attached hydrogens (tertiary/aromatic N) is 2. The predicted molar refractivity (Wildman–Crippen MR) is 63.0 cm³/mol. The molecule has 1 aromatic rings. The van der Waals surface area contributed by atoms with E-state index in [-0.39, 0.29) is 6.23 Å². The summed E-state index contributed by atoms with van der Waals surface area (Å²) in [5.74, 6) is 0.418. The van der Waals surface area contributed by atoms with Crippen LogP contribution >= 0.6 is 0 Å². The van der Waals surface area contributed by atoms with Crippen LogP contribution in [0.4, 0.5) is 0 Å². The van der Waals surface area contributed by atoms with Crippen LogP contribution in [0.25, 0.3) is 0 Å². The van der Waals surface area contributed by atoms with Crippen LogP contribution in [-0.2, 0) is 22.5 Å². The Morgan fingerprint density at radius 3 is 3.11 bits per heavy atom. The topological polar surface area (TPSA) is 65.7 Å². The van der Waals surface area contributed by atoms with Gasteiger partial charge >= 0.3 is 7.69 Å². The molecular formula is C11H16BN2O4. The maximum Gasteiger partial charge on any atom is 0.570 e. The van der Waals surface area contributed by atoms with Crippen LogP contribution < -0.4 is 4.65 Å². The normalized spacial score (nSPS) is 23.5. The highest BCUT2D eigenvalue weighted by Crippen LogP contribution is 2.31. The molecule has 0 bridgehead atoms. The second-order valence-corrected chi connectivity index (χ2v) is 4.52. The van der Waals surface area contributed by atoms with E-state index in [9.17, 15) is 0 Å². The zero-order chi connectivity index (χ0) is 12.4. The van der Waals surface area contributed by atoms with Gasteiger partial charge in [-0.15, -0.1) is 5.10 Å². The zero-order valence-corrected chi connectivity index (χ0v) is 10.2. The third-order valence-electron chi connectivity index (χ3n) is 3.40. The molecule has 3 heterocycles. The van der Waals surface area contributed by atoms with Gasteiger partial charge in [0.1, 0.15) is 0 Å². The van der Waals surface area contributed by atoms with Gasteiger partial charge in [0.2, 0.25) is 5.88 Å². The number of fused-ring (bicyclic) bond motifs is 1. The Balaban J connectivity index is 1.92. The van der Waals surface area contributed by atoms with Gasteiger partial charge in [0.25, 0.3) is 0 Å². The summed E-state index contributed by atoms with van der Waals surface area (Å²) in [6, 6.07) is 0. The quantitative estimate of drug-likeness (QED) is 0.795. The minimum absolute atomic E-state index is 0.0124. The van der Waals surface area contributed by atoms with Crippen LogP contribution in [0.5, 0.6) is 5.88 Å². The molecule has 0 saturated carbocycles. The van der Waals surface area contributed by atoms with E-state index in [1.165, 1.54) is 0 Å². The maximum atomic E-state index is 8.77. The predicted octanol–water partition coefficient (Wildman–Crippen LogP) is 0.560. The van der Waals surface area contributed by atoms with Crippen molar-refractivity contribution in [1.82, 2.24) is 9.78 Å². The lowest BCUT2D eigenvalue weighted by Gasteiger charge is -2.25. The van der Waals surface area contributed by atoms with Gasteiger partial charge in [0.15, 0.2) is 6.23 Å². The molecule has 1 fully saturated rings. The minimum atomic E-state index is -0.0124. The van der Waals surface area contributed by atoms with Crippen LogP contribution in [0.15, 0.2) is 0 Å². The first kappa shape index (κ1) is 12.0. The van der Waals surface area contributed by atoms with E-state index in [0.717, 1.165) is 43.5 Å². The largest absolute Gasteiger partial charge is 0.570 e. The van der Waals surface area contributed by atoms with Gasteiger partial charge in [0, 0.05) is 13.0 Å². The van der Waals surface area contributed by atoms with Crippen molar-refractivity contribution < 1.29 is 19.2 Å². The average Bonchev–Trinajstić information content (AvgIpc) is 2.80. The molecule has 0 aliphatic carbocycles. The summed E-state index contributed by atoms with van der Waals surface area (Å²) < 4.78 is 18.1. The molecule has 18 heavy (non-hydrogen) atoms. The van der Waals surface area contributed by atoms with E-state index in [2.05, 4.69) is 5.10 Å². The lowest BCUT2D eigenvalue weighted by Crippen LogP contribution is -2.23. The lowest BCUT2D eigenvalue weighted by atomic mass is 10.1. The fraction of sp³-hybridized carbons (Fsp3) is 0.727. The Morgan fingerprint density at radius 1 is 1.39 bits per heavy atom. The first-order valence-corrected chi connectivity index (χ1v) is 6.32. The molecule has 3 rings (SSSR count). The van der Waals surface area contributed by atoms with Crippen molar-refractivity contribution in [2.75, 3.05) is 13.2 Å². The van der Waals surface area contributed by atoms with Crippen molar-refractivity contribution in [3.63, 3.8) is 0 Å². The number of hydrogen-bond donors (Lipinski definition) is 1. The van der Waals surface area contributed by atoms with E-state index in [1.54, 1.807) is 0 Å². The molecule has 1 aromatic heterocycles. The van der Waals surface area contributed by atoms with E-state index in [1.807, 2.05) is 4.68 Å². The maximum absolute atomic E-state index is 8.77. The molecule has 1 saturated heterocycles. The second-order valence-electron chi connectivity index (χ2n) is 4.52. The summed E-state index contributed by atoms with van der Waals surface area (Å²) in [5.41, 5.74) is 2.02. The first-order valence-electron chi connectivity index (χ1n) is 6.32. The van der Waals surface area contributed by atoms with Gasteiger partial charge in [-0.2, -0.15) is 0 Å². The van der Waals surface area contributed by atoms with E-state index < -0.39 is 0 Å². The van der Waals surface area contributed by atoms with E-state index in [0.29, 0.717) is 26.8 Å². The van der Waals surface area contributed by atoms with E-state index >= 15 is 0 Å². The Kier molecular flexibility index (Phi) is 3.54. The molecule has 0 amide bonds. The second kappa shape index (κ2) is 5.30. The molecule has 0 spiro atoms. The Morgan fingerprint density at radius 2 is 2.33 bits per heavy atom. The Bertz CT molecular complexity index is 417. The molecule has 97 valence electrons. The summed E-state index contributed by atoms with van der Waals surface area (Å²) in [7, 11) is 0.656. The molecule has 2 aliphatic rings. The molecule has 1 radical (unpaired) electrons. The molecular weight excluding hydrogens is 235 g/mol. The van der Waals surface area contributed by atoms with Crippen LogP contribution in [-0.4, -0.2) is 35.7 Å².